The van der Waals surface area contributed by atoms with Gasteiger partial charge in [0.05, 0.1) is 17.7 Å². The Hall–Kier alpha value is -2.21. The molecule has 0 spiro atoms. The molecule has 1 N–H and O–H groups in total. The van der Waals surface area contributed by atoms with Gasteiger partial charge in [0.25, 0.3) is 0 Å². The molecule has 3 rings (SSSR count). The van der Waals surface area contributed by atoms with Crippen LogP contribution >= 0.6 is 0 Å². The molecule has 2 aromatic rings. The Labute approximate surface area is 136 Å². The van der Waals surface area contributed by atoms with Crippen LogP contribution in [-0.2, 0) is 24.8 Å². The van der Waals surface area contributed by atoms with E-state index in [1.54, 1.807) is 18.7 Å². The van der Waals surface area contributed by atoms with E-state index in [1.165, 1.54) is 0 Å². The molecule has 1 amide bonds. The molecule has 0 aliphatic carbocycles. The first-order valence-corrected chi connectivity index (χ1v) is 8.00. The monoisotopic (exact) mass is 313 g/mol. The van der Waals surface area contributed by atoms with Crippen molar-refractivity contribution in [3.8, 4) is 0 Å². The van der Waals surface area contributed by atoms with Gasteiger partial charge < -0.3 is 9.88 Å². The fraction of sp³-hybridized carbons (Fsp3) is 0.471. The average Bonchev–Trinajstić information content (AvgIpc) is 2.94. The van der Waals surface area contributed by atoms with E-state index in [-0.39, 0.29) is 11.9 Å². The summed E-state index contributed by atoms with van der Waals surface area (Å²) in [5.74, 6) is 0.0205. The summed E-state index contributed by atoms with van der Waals surface area (Å²) in [7, 11) is 1.96. The number of nitrogens with zero attached hydrogens (tertiary/aromatic N) is 4. The van der Waals surface area contributed by atoms with Crippen molar-refractivity contribution in [2.45, 2.75) is 38.9 Å². The maximum atomic E-state index is 12.9. The van der Waals surface area contributed by atoms with Crippen LogP contribution in [0.5, 0.6) is 0 Å². The average molecular weight is 313 g/mol. The zero-order chi connectivity index (χ0) is 16.4. The first-order valence-electron chi connectivity index (χ1n) is 8.00. The molecule has 122 valence electrons. The maximum absolute atomic E-state index is 12.9. The number of aryl methyl sites for hydroxylation is 1. The van der Waals surface area contributed by atoms with Gasteiger partial charge in [-0.2, -0.15) is 0 Å². The summed E-state index contributed by atoms with van der Waals surface area (Å²) < 4.78 is 1.97. The first kappa shape index (κ1) is 15.7. The molecule has 1 aliphatic heterocycles. The van der Waals surface area contributed by atoms with Gasteiger partial charge in [0.15, 0.2) is 0 Å². The van der Waals surface area contributed by atoms with Crippen molar-refractivity contribution in [2.24, 2.45) is 7.05 Å². The predicted molar refractivity (Wildman–Crippen MR) is 87.6 cm³/mol. The highest BCUT2D eigenvalue weighted by Crippen LogP contribution is 2.30. The molecule has 6 nitrogen and oxygen atoms in total. The van der Waals surface area contributed by atoms with Crippen molar-refractivity contribution in [1.29, 1.82) is 0 Å². The molecule has 23 heavy (non-hydrogen) atoms. The summed E-state index contributed by atoms with van der Waals surface area (Å²) >= 11 is 0. The van der Waals surface area contributed by atoms with E-state index in [9.17, 15) is 4.79 Å². The Morgan fingerprint density at radius 2 is 2.30 bits per heavy atom. The van der Waals surface area contributed by atoms with Gasteiger partial charge in [-0.15, -0.1) is 0 Å². The first-order chi connectivity index (χ1) is 11.1. The smallest absolute Gasteiger partial charge is 0.243 e. The van der Waals surface area contributed by atoms with Gasteiger partial charge in [-0.05, 0) is 25.5 Å². The lowest BCUT2D eigenvalue weighted by molar-refractivity contribution is -0.128. The van der Waals surface area contributed by atoms with Gasteiger partial charge in [-0.25, -0.2) is 4.98 Å². The summed E-state index contributed by atoms with van der Waals surface area (Å²) in [6.45, 7) is 5.60. The molecule has 0 saturated heterocycles. The number of carbonyl (C=O) groups is 1. The Morgan fingerprint density at radius 3 is 3.00 bits per heavy atom. The third kappa shape index (κ3) is 3.12. The Kier molecular flexibility index (Phi) is 4.43. The highest BCUT2D eigenvalue weighted by molar-refractivity contribution is 5.83. The standard InChI is InChI=1S/C17H23N5O/c1-12(2)22-8-6-14-15(21(3)11-20-14)16(22)17(23)19-10-13-5-4-7-18-9-13/h4-5,7,9,11-12,16H,6,8,10H2,1-3H3,(H,19,23). The lowest BCUT2D eigenvalue weighted by Gasteiger charge is -2.37. The topological polar surface area (TPSA) is 63.1 Å². The van der Waals surface area contributed by atoms with Crippen molar-refractivity contribution in [2.75, 3.05) is 6.54 Å². The highest BCUT2D eigenvalue weighted by atomic mass is 16.2. The minimum atomic E-state index is -0.289. The summed E-state index contributed by atoms with van der Waals surface area (Å²) in [6.07, 6.45) is 6.20. The fourth-order valence-electron chi connectivity index (χ4n) is 3.17. The molecule has 0 saturated carbocycles. The molecule has 1 atom stereocenters. The van der Waals surface area contributed by atoms with E-state index < -0.39 is 0 Å². The molecule has 3 heterocycles. The zero-order valence-corrected chi connectivity index (χ0v) is 13.9. The summed E-state index contributed by atoms with van der Waals surface area (Å²) in [6, 6.07) is 3.85. The van der Waals surface area contributed by atoms with Gasteiger partial charge in [0.2, 0.25) is 5.91 Å². The van der Waals surface area contributed by atoms with Crippen molar-refractivity contribution in [1.82, 2.24) is 24.8 Å². The number of aromatic nitrogens is 3. The number of fused-ring (bicyclic) bond motifs is 1. The highest BCUT2D eigenvalue weighted by Gasteiger charge is 2.37. The number of nitrogens with one attached hydrogen (secondary N) is 1. The molecule has 2 aromatic heterocycles. The molecule has 0 aromatic carbocycles. The Morgan fingerprint density at radius 1 is 1.48 bits per heavy atom. The van der Waals surface area contributed by atoms with Crippen LogP contribution < -0.4 is 5.32 Å². The summed E-state index contributed by atoms with van der Waals surface area (Å²) in [5, 5.41) is 3.05. The van der Waals surface area contributed by atoms with Crippen LogP contribution in [-0.4, -0.2) is 37.9 Å². The second kappa shape index (κ2) is 6.50. The maximum Gasteiger partial charge on any atom is 0.243 e. The molecule has 1 unspecified atom stereocenters. The molecule has 6 heteroatoms. The van der Waals surface area contributed by atoms with Crippen molar-refractivity contribution in [3.63, 3.8) is 0 Å². The van der Waals surface area contributed by atoms with Gasteiger partial charge in [-0.1, -0.05) is 6.07 Å². The predicted octanol–water partition coefficient (Wildman–Crippen LogP) is 1.44. The van der Waals surface area contributed by atoms with Crippen LogP contribution in [0.1, 0.15) is 36.8 Å². The van der Waals surface area contributed by atoms with Crippen LogP contribution in [0.4, 0.5) is 0 Å². The second-order valence-corrected chi connectivity index (χ2v) is 6.25. The van der Waals surface area contributed by atoms with Gasteiger partial charge >= 0.3 is 0 Å². The molecule has 0 fully saturated rings. The number of hydrogen-bond acceptors (Lipinski definition) is 4. The lowest BCUT2D eigenvalue weighted by Crippen LogP contribution is -2.47. The Balaban J connectivity index is 1.82. The summed E-state index contributed by atoms with van der Waals surface area (Å²) in [5.41, 5.74) is 3.04. The Bertz CT molecular complexity index is 680. The molecule has 0 bridgehead atoms. The van der Waals surface area contributed by atoms with Crippen LogP contribution in [0.25, 0.3) is 0 Å². The zero-order valence-electron chi connectivity index (χ0n) is 13.9. The number of carbonyl (C=O) groups excluding carboxylic acids is 1. The number of amides is 1. The quantitative estimate of drug-likeness (QED) is 0.928. The molecule has 0 radical (unpaired) electrons. The summed E-state index contributed by atoms with van der Waals surface area (Å²) in [4.78, 5) is 23.7. The van der Waals surface area contributed by atoms with Gasteiger partial charge in [0, 0.05) is 45.0 Å². The van der Waals surface area contributed by atoms with Crippen LogP contribution in [0.15, 0.2) is 30.9 Å². The number of hydrogen-bond donors (Lipinski definition) is 1. The van der Waals surface area contributed by atoms with E-state index in [0.717, 1.165) is 29.9 Å². The van der Waals surface area contributed by atoms with E-state index in [2.05, 4.69) is 34.0 Å². The van der Waals surface area contributed by atoms with Gasteiger partial charge in [-0.3, -0.25) is 14.7 Å². The van der Waals surface area contributed by atoms with E-state index in [1.807, 2.05) is 23.7 Å². The molecular weight excluding hydrogens is 290 g/mol. The van der Waals surface area contributed by atoms with Crippen LogP contribution in [0, 0.1) is 0 Å². The number of imidazole rings is 1. The normalized spacial score (nSPS) is 18.0. The molecule has 1 aliphatic rings. The largest absolute Gasteiger partial charge is 0.350 e. The number of pyridine rings is 1. The van der Waals surface area contributed by atoms with Crippen LogP contribution in [0.2, 0.25) is 0 Å². The minimum absolute atomic E-state index is 0.0205. The number of rotatable bonds is 4. The molecular formula is C17H23N5O. The third-order valence-electron chi connectivity index (χ3n) is 4.36. The van der Waals surface area contributed by atoms with E-state index in [4.69, 9.17) is 0 Å². The van der Waals surface area contributed by atoms with Crippen LogP contribution in [0.3, 0.4) is 0 Å². The van der Waals surface area contributed by atoms with Crippen molar-refractivity contribution >= 4 is 5.91 Å². The SMILES string of the molecule is CC(C)N1CCc2ncn(C)c2C1C(=O)NCc1cccnc1. The van der Waals surface area contributed by atoms with E-state index in [0.29, 0.717) is 12.6 Å². The second-order valence-electron chi connectivity index (χ2n) is 6.25. The fourth-order valence-corrected chi connectivity index (χ4v) is 3.17. The van der Waals surface area contributed by atoms with Gasteiger partial charge in [0.1, 0.15) is 6.04 Å². The van der Waals surface area contributed by atoms with Crippen molar-refractivity contribution in [3.05, 3.63) is 47.8 Å². The van der Waals surface area contributed by atoms with E-state index >= 15 is 0 Å². The van der Waals surface area contributed by atoms with Crippen molar-refractivity contribution < 1.29 is 4.79 Å². The minimum Gasteiger partial charge on any atom is -0.350 e. The lowest BCUT2D eigenvalue weighted by atomic mass is 9.99. The third-order valence-corrected chi connectivity index (χ3v) is 4.36.